The topological polar surface area (TPSA) is 97.5 Å². The Kier molecular flexibility index (Phi) is 14.7. The van der Waals surface area contributed by atoms with Crippen LogP contribution in [0.3, 0.4) is 0 Å². The minimum Gasteiger partial charge on any atom is -0.494 e. The summed E-state index contributed by atoms with van der Waals surface area (Å²) in [6.07, 6.45) is 2.12. The SMILES string of the molecule is CCCCCCCCOc1ccc(N=Nc2ccc(-c3cccc(C(=O)O[C@@H](CCCCCC)C(F)(F)F)c3C(=O)O)cc2)cc1. The maximum Gasteiger partial charge on any atom is 0.425 e. The van der Waals surface area contributed by atoms with Gasteiger partial charge in [-0.25, -0.2) is 9.59 Å². The minimum absolute atomic E-state index is 0.161. The molecular weight excluding hydrogens is 597 g/mol. The van der Waals surface area contributed by atoms with Gasteiger partial charge in [-0.15, -0.1) is 0 Å². The quantitative estimate of drug-likeness (QED) is 0.0799. The Labute approximate surface area is 268 Å². The molecule has 0 aliphatic rings. The van der Waals surface area contributed by atoms with Gasteiger partial charge in [0.25, 0.3) is 0 Å². The third kappa shape index (κ3) is 11.6. The zero-order valence-corrected chi connectivity index (χ0v) is 26.5. The maximum absolute atomic E-state index is 13.6. The first-order chi connectivity index (χ1) is 22.1. The number of carbonyl (C=O) groups is 2. The van der Waals surface area contributed by atoms with Crippen LogP contribution in [0.1, 0.15) is 105 Å². The van der Waals surface area contributed by atoms with Crippen molar-refractivity contribution in [3.05, 3.63) is 77.9 Å². The summed E-state index contributed by atoms with van der Waals surface area (Å²) in [5.41, 5.74) is 0.829. The molecular formula is C36H43F3N2O5. The highest BCUT2D eigenvalue weighted by molar-refractivity contribution is 6.07. The molecule has 0 aliphatic carbocycles. The number of carboxylic acids is 1. The van der Waals surface area contributed by atoms with E-state index in [1.165, 1.54) is 37.8 Å². The van der Waals surface area contributed by atoms with Crippen molar-refractivity contribution in [1.29, 1.82) is 0 Å². The second-order valence-electron chi connectivity index (χ2n) is 11.2. The monoisotopic (exact) mass is 640 g/mol. The highest BCUT2D eigenvalue weighted by Crippen LogP contribution is 2.32. The summed E-state index contributed by atoms with van der Waals surface area (Å²) in [6.45, 7) is 4.80. The highest BCUT2D eigenvalue weighted by Gasteiger charge is 2.42. The molecule has 1 N–H and O–H groups in total. The lowest BCUT2D eigenvalue weighted by Crippen LogP contribution is -2.34. The molecule has 1 atom stereocenters. The summed E-state index contributed by atoms with van der Waals surface area (Å²) >= 11 is 0. The fourth-order valence-corrected chi connectivity index (χ4v) is 4.94. The third-order valence-electron chi connectivity index (χ3n) is 7.50. The number of unbranched alkanes of at least 4 members (excludes halogenated alkanes) is 8. The standard InChI is InChI=1S/C36H43F3N2O5/c1-3-5-7-9-10-12-25-45-29-23-21-28(22-24-29)41-40-27-19-17-26(18-20-27)30-14-13-15-31(33(30)34(42)43)35(44)46-32(36(37,38)39)16-11-8-6-4-2/h13-15,17-24,32H,3-12,16,25H2,1-2H3,(H,42,43)/t32-/m0/s1. The number of carboxylic acid groups (broad SMARTS) is 1. The molecule has 0 heterocycles. The number of rotatable bonds is 19. The minimum atomic E-state index is -4.77. The molecule has 10 heteroatoms. The molecule has 0 unspecified atom stereocenters. The van der Waals surface area contributed by atoms with Crippen molar-refractivity contribution in [2.75, 3.05) is 6.61 Å². The van der Waals surface area contributed by atoms with Gasteiger partial charge in [0.15, 0.2) is 6.10 Å². The van der Waals surface area contributed by atoms with Gasteiger partial charge in [-0.3, -0.25) is 0 Å². The summed E-state index contributed by atoms with van der Waals surface area (Å²) in [4.78, 5) is 25.1. The maximum atomic E-state index is 13.6. The molecule has 0 fully saturated rings. The van der Waals surface area contributed by atoms with Crippen LogP contribution >= 0.6 is 0 Å². The van der Waals surface area contributed by atoms with Crippen molar-refractivity contribution in [3.8, 4) is 16.9 Å². The lowest BCUT2D eigenvalue weighted by molar-refractivity contribution is -0.206. The van der Waals surface area contributed by atoms with E-state index < -0.39 is 35.3 Å². The van der Waals surface area contributed by atoms with E-state index in [9.17, 15) is 27.9 Å². The zero-order chi connectivity index (χ0) is 33.4. The van der Waals surface area contributed by atoms with Crippen molar-refractivity contribution in [1.82, 2.24) is 0 Å². The van der Waals surface area contributed by atoms with E-state index in [4.69, 9.17) is 9.47 Å². The molecule has 3 aromatic rings. The largest absolute Gasteiger partial charge is 0.494 e. The third-order valence-corrected chi connectivity index (χ3v) is 7.50. The Morgan fingerprint density at radius 3 is 1.91 bits per heavy atom. The molecule has 0 amide bonds. The Hall–Kier alpha value is -4.21. The van der Waals surface area contributed by atoms with Gasteiger partial charge >= 0.3 is 18.1 Å². The molecule has 0 saturated heterocycles. The van der Waals surface area contributed by atoms with Crippen molar-refractivity contribution < 1.29 is 37.3 Å². The van der Waals surface area contributed by atoms with Crippen LogP contribution in [-0.2, 0) is 4.74 Å². The fourth-order valence-electron chi connectivity index (χ4n) is 4.94. The highest BCUT2D eigenvalue weighted by atomic mass is 19.4. The van der Waals surface area contributed by atoms with Gasteiger partial charge in [0.1, 0.15) is 5.75 Å². The van der Waals surface area contributed by atoms with Crippen LogP contribution in [0, 0.1) is 0 Å². The Balaban J connectivity index is 1.67. The number of carbonyl (C=O) groups excluding carboxylic acids is 1. The number of alkyl halides is 3. The molecule has 248 valence electrons. The van der Waals surface area contributed by atoms with E-state index in [-0.39, 0.29) is 18.4 Å². The number of hydrogen-bond donors (Lipinski definition) is 1. The van der Waals surface area contributed by atoms with E-state index in [2.05, 4.69) is 17.2 Å². The van der Waals surface area contributed by atoms with Crippen molar-refractivity contribution >= 4 is 23.3 Å². The van der Waals surface area contributed by atoms with Gasteiger partial charge in [-0.05, 0) is 72.9 Å². The average Bonchev–Trinajstić information content (AvgIpc) is 3.04. The van der Waals surface area contributed by atoms with Crippen molar-refractivity contribution in [2.45, 2.75) is 96.8 Å². The number of esters is 1. The first-order valence-corrected chi connectivity index (χ1v) is 16.0. The van der Waals surface area contributed by atoms with Gasteiger partial charge in [0, 0.05) is 0 Å². The van der Waals surface area contributed by atoms with E-state index >= 15 is 0 Å². The molecule has 0 spiro atoms. The van der Waals surface area contributed by atoms with Crippen LogP contribution in [0.2, 0.25) is 0 Å². The van der Waals surface area contributed by atoms with Gasteiger partial charge in [-0.2, -0.15) is 23.4 Å². The smallest absolute Gasteiger partial charge is 0.425 e. The van der Waals surface area contributed by atoms with Gasteiger partial charge in [-0.1, -0.05) is 89.5 Å². The van der Waals surface area contributed by atoms with E-state index in [1.807, 2.05) is 19.1 Å². The molecule has 0 bridgehead atoms. The van der Waals surface area contributed by atoms with Crippen LogP contribution in [0.15, 0.2) is 77.0 Å². The summed E-state index contributed by atoms with van der Waals surface area (Å²) in [6, 6.07) is 17.8. The van der Waals surface area contributed by atoms with E-state index in [1.54, 1.807) is 36.4 Å². The van der Waals surface area contributed by atoms with E-state index in [0.29, 0.717) is 30.0 Å². The van der Waals surface area contributed by atoms with Crippen LogP contribution in [0.25, 0.3) is 11.1 Å². The summed E-state index contributed by atoms with van der Waals surface area (Å²) in [5.74, 6) is -2.03. The van der Waals surface area contributed by atoms with E-state index in [0.717, 1.165) is 37.5 Å². The second-order valence-corrected chi connectivity index (χ2v) is 11.2. The number of hydrogen-bond acceptors (Lipinski definition) is 6. The molecule has 0 radical (unpaired) electrons. The molecule has 3 aromatic carbocycles. The Morgan fingerprint density at radius 1 is 0.761 bits per heavy atom. The molecule has 0 saturated carbocycles. The van der Waals surface area contributed by atoms with Gasteiger partial charge in [0.2, 0.25) is 0 Å². The number of halogens is 3. The molecule has 46 heavy (non-hydrogen) atoms. The van der Waals surface area contributed by atoms with Gasteiger partial charge in [0.05, 0.1) is 29.1 Å². The first kappa shape index (κ1) is 36.3. The molecule has 3 rings (SSSR count). The summed E-state index contributed by atoms with van der Waals surface area (Å²) in [7, 11) is 0. The lowest BCUT2D eigenvalue weighted by atomic mass is 9.95. The fraction of sp³-hybridized carbons (Fsp3) is 0.444. The number of benzene rings is 3. The Bertz CT molecular complexity index is 1410. The van der Waals surface area contributed by atoms with Crippen molar-refractivity contribution in [3.63, 3.8) is 0 Å². The van der Waals surface area contributed by atoms with Crippen molar-refractivity contribution in [2.24, 2.45) is 10.2 Å². The number of ether oxygens (including phenoxy) is 2. The predicted molar refractivity (Wildman–Crippen MR) is 172 cm³/mol. The normalized spacial score (nSPS) is 12.3. The first-order valence-electron chi connectivity index (χ1n) is 16.0. The van der Waals surface area contributed by atoms with Crippen LogP contribution < -0.4 is 4.74 Å². The molecule has 0 aromatic heterocycles. The zero-order valence-electron chi connectivity index (χ0n) is 26.5. The average molecular weight is 641 g/mol. The Morgan fingerprint density at radius 2 is 1.33 bits per heavy atom. The number of nitrogens with zero attached hydrogens (tertiary/aromatic N) is 2. The molecule has 7 nitrogen and oxygen atoms in total. The lowest BCUT2D eigenvalue weighted by Gasteiger charge is -2.21. The number of azo groups is 1. The molecule has 0 aliphatic heterocycles. The van der Waals surface area contributed by atoms with Gasteiger partial charge < -0.3 is 14.6 Å². The van der Waals surface area contributed by atoms with Crippen LogP contribution in [0.5, 0.6) is 5.75 Å². The van der Waals surface area contributed by atoms with Crippen LogP contribution in [0.4, 0.5) is 24.5 Å². The predicted octanol–water partition coefficient (Wildman–Crippen LogP) is 11.3. The second kappa shape index (κ2) is 18.7. The summed E-state index contributed by atoms with van der Waals surface area (Å²) in [5, 5.41) is 18.4. The summed E-state index contributed by atoms with van der Waals surface area (Å²) < 4.78 is 51.5. The number of aromatic carboxylic acids is 1. The van der Waals surface area contributed by atoms with Crippen LogP contribution in [-0.4, -0.2) is 35.9 Å².